The molecule has 0 aliphatic heterocycles. The van der Waals surface area contributed by atoms with Gasteiger partial charge in [-0.15, -0.1) is 0 Å². The van der Waals surface area contributed by atoms with E-state index in [0.717, 1.165) is 5.56 Å². The predicted octanol–water partition coefficient (Wildman–Crippen LogP) is 2.08. The molecule has 0 radical (unpaired) electrons. The number of rotatable bonds is 5. The van der Waals surface area contributed by atoms with E-state index in [1.807, 2.05) is 12.1 Å². The molecule has 0 unspecified atom stereocenters. The first-order chi connectivity index (χ1) is 8.52. The van der Waals surface area contributed by atoms with Crippen LogP contribution in [-0.4, -0.2) is 30.3 Å². The second-order valence-electron chi connectivity index (χ2n) is 3.69. The molecular weight excluding hydrogens is 258 g/mol. The molecule has 5 nitrogen and oxygen atoms in total. The quantitative estimate of drug-likeness (QED) is 0.860. The molecular formula is C12H14ClNO4. The Kier molecular flexibility index (Phi) is 5.45. The molecule has 0 saturated carbocycles. The van der Waals surface area contributed by atoms with Gasteiger partial charge in [0.05, 0.1) is 7.11 Å². The second kappa shape index (κ2) is 6.86. The number of carboxylic acid groups (broad SMARTS) is 1. The number of carbonyl (C=O) groups is 2. The number of nitrogens with one attached hydrogen (secondary N) is 1. The molecule has 1 amide bonds. The number of aryl methyl sites for hydroxylation is 1. The molecule has 0 bridgehead atoms. The van der Waals surface area contributed by atoms with E-state index in [2.05, 4.69) is 10.1 Å². The van der Waals surface area contributed by atoms with Crippen molar-refractivity contribution in [3.05, 3.63) is 34.9 Å². The highest BCUT2D eigenvalue weighted by atomic mass is 35.5. The van der Waals surface area contributed by atoms with Gasteiger partial charge in [0.2, 0.25) is 0 Å². The molecule has 1 rings (SSSR count). The Morgan fingerprint density at radius 3 is 2.50 bits per heavy atom. The summed E-state index contributed by atoms with van der Waals surface area (Å²) >= 11 is 5.74. The maximum atomic E-state index is 11.0. The fourth-order valence-corrected chi connectivity index (χ4v) is 1.55. The smallest absolute Gasteiger partial charge is 0.407 e. The van der Waals surface area contributed by atoms with Crippen molar-refractivity contribution in [1.82, 2.24) is 5.32 Å². The molecule has 1 aromatic rings. The number of methoxy groups -OCH3 is 1. The number of aliphatic carboxylic acids is 1. The van der Waals surface area contributed by atoms with E-state index in [4.69, 9.17) is 16.7 Å². The summed E-state index contributed by atoms with van der Waals surface area (Å²) in [5.74, 6) is -1.09. The fourth-order valence-electron chi connectivity index (χ4n) is 1.42. The number of benzene rings is 1. The average molecular weight is 272 g/mol. The highest BCUT2D eigenvalue weighted by Crippen LogP contribution is 2.11. The molecule has 0 saturated heterocycles. The lowest BCUT2D eigenvalue weighted by molar-refractivity contribution is -0.139. The van der Waals surface area contributed by atoms with Gasteiger partial charge < -0.3 is 15.2 Å². The molecule has 0 aliphatic carbocycles. The lowest BCUT2D eigenvalue weighted by Gasteiger charge is -2.13. The first-order valence-corrected chi connectivity index (χ1v) is 5.72. The van der Waals surface area contributed by atoms with Crippen molar-refractivity contribution in [2.24, 2.45) is 0 Å². The fraction of sp³-hybridized carbons (Fsp3) is 0.333. The molecule has 0 heterocycles. The van der Waals surface area contributed by atoms with Gasteiger partial charge in [0, 0.05) is 5.02 Å². The lowest BCUT2D eigenvalue weighted by Crippen LogP contribution is -2.41. The number of ether oxygens (including phenoxy) is 1. The number of carbonyl (C=O) groups excluding carboxylic acids is 1. The standard InChI is InChI=1S/C12H14ClNO4/c1-18-12(17)14-10(11(15)16)7-4-8-2-5-9(13)6-3-8/h2-3,5-6,10H,4,7H2,1H3,(H,14,17)(H,15,16)/t10-/m1/s1. The van der Waals surface area contributed by atoms with Gasteiger partial charge in [0.25, 0.3) is 0 Å². The molecule has 1 aromatic carbocycles. The van der Waals surface area contributed by atoms with Gasteiger partial charge in [-0.3, -0.25) is 0 Å². The number of hydrogen-bond acceptors (Lipinski definition) is 3. The zero-order chi connectivity index (χ0) is 13.5. The van der Waals surface area contributed by atoms with Crippen LogP contribution in [0.25, 0.3) is 0 Å². The number of carboxylic acids is 1. The van der Waals surface area contributed by atoms with E-state index < -0.39 is 18.1 Å². The van der Waals surface area contributed by atoms with Crippen LogP contribution in [0.2, 0.25) is 5.02 Å². The third-order valence-electron chi connectivity index (χ3n) is 2.41. The Balaban J connectivity index is 2.54. The predicted molar refractivity (Wildman–Crippen MR) is 66.7 cm³/mol. The summed E-state index contributed by atoms with van der Waals surface area (Å²) in [6.07, 6.45) is 0.0583. The summed E-state index contributed by atoms with van der Waals surface area (Å²) < 4.78 is 4.37. The van der Waals surface area contributed by atoms with Crippen molar-refractivity contribution >= 4 is 23.7 Å². The van der Waals surface area contributed by atoms with Gasteiger partial charge in [-0.05, 0) is 30.5 Å². The van der Waals surface area contributed by atoms with Crippen LogP contribution in [0.15, 0.2) is 24.3 Å². The van der Waals surface area contributed by atoms with Crippen molar-refractivity contribution in [3.63, 3.8) is 0 Å². The molecule has 0 fully saturated rings. The molecule has 1 atom stereocenters. The number of alkyl carbamates (subject to hydrolysis) is 1. The third-order valence-corrected chi connectivity index (χ3v) is 2.66. The van der Waals surface area contributed by atoms with Gasteiger partial charge in [-0.2, -0.15) is 0 Å². The van der Waals surface area contributed by atoms with Crippen LogP contribution >= 0.6 is 11.6 Å². The SMILES string of the molecule is COC(=O)N[C@H](CCc1ccc(Cl)cc1)C(=O)O. The minimum absolute atomic E-state index is 0.284. The first-order valence-electron chi connectivity index (χ1n) is 5.34. The van der Waals surface area contributed by atoms with E-state index in [0.29, 0.717) is 11.4 Å². The van der Waals surface area contributed by atoms with Crippen LogP contribution in [0.3, 0.4) is 0 Å². The monoisotopic (exact) mass is 271 g/mol. The Labute approximate surface area is 110 Å². The van der Waals surface area contributed by atoms with Crippen molar-refractivity contribution < 1.29 is 19.4 Å². The van der Waals surface area contributed by atoms with Crippen molar-refractivity contribution in [1.29, 1.82) is 0 Å². The summed E-state index contributed by atoms with van der Waals surface area (Å²) in [6, 6.07) is 6.15. The van der Waals surface area contributed by atoms with Crippen LogP contribution < -0.4 is 5.32 Å². The minimum Gasteiger partial charge on any atom is -0.480 e. The Morgan fingerprint density at radius 2 is 2.00 bits per heavy atom. The highest BCUT2D eigenvalue weighted by molar-refractivity contribution is 6.30. The Bertz CT molecular complexity index is 419. The third kappa shape index (κ3) is 4.63. The van der Waals surface area contributed by atoms with Gasteiger partial charge in [-0.25, -0.2) is 9.59 Å². The topological polar surface area (TPSA) is 75.6 Å². The summed E-state index contributed by atoms with van der Waals surface area (Å²) in [4.78, 5) is 21.9. The number of amides is 1. The molecule has 0 aliphatic rings. The van der Waals surface area contributed by atoms with Gasteiger partial charge in [0.15, 0.2) is 0 Å². The Hall–Kier alpha value is -1.75. The number of halogens is 1. The van der Waals surface area contributed by atoms with Gasteiger partial charge in [0.1, 0.15) is 6.04 Å². The molecule has 0 aromatic heterocycles. The van der Waals surface area contributed by atoms with Crippen molar-refractivity contribution in [2.75, 3.05) is 7.11 Å². The van der Waals surface area contributed by atoms with Crippen LogP contribution in [0.1, 0.15) is 12.0 Å². The molecule has 0 spiro atoms. The van der Waals surface area contributed by atoms with Crippen LogP contribution in [0.5, 0.6) is 0 Å². The van der Waals surface area contributed by atoms with Crippen molar-refractivity contribution in [2.45, 2.75) is 18.9 Å². The minimum atomic E-state index is -1.09. The zero-order valence-electron chi connectivity index (χ0n) is 9.85. The van der Waals surface area contributed by atoms with Gasteiger partial charge >= 0.3 is 12.1 Å². The number of hydrogen-bond donors (Lipinski definition) is 2. The van der Waals surface area contributed by atoms with E-state index in [1.165, 1.54) is 7.11 Å². The summed E-state index contributed by atoms with van der Waals surface area (Å²) in [5, 5.41) is 11.8. The first kappa shape index (κ1) is 14.3. The highest BCUT2D eigenvalue weighted by Gasteiger charge is 2.19. The Morgan fingerprint density at radius 1 is 1.39 bits per heavy atom. The summed E-state index contributed by atoms with van der Waals surface area (Å²) in [5.41, 5.74) is 0.956. The summed E-state index contributed by atoms with van der Waals surface area (Å²) in [7, 11) is 1.19. The average Bonchev–Trinajstić information content (AvgIpc) is 2.35. The normalized spacial score (nSPS) is 11.7. The van der Waals surface area contributed by atoms with Crippen LogP contribution in [-0.2, 0) is 16.0 Å². The maximum absolute atomic E-state index is 11.0. The van der Waals surface area contributed by atoms with Crippen LogP contribution in [0, 0.1) is 0 Å². The largest absolute Gasteiger partial charge is 0.480 e. The molecule has 98 valence electrons. The van der Waals surface area contributed by atoms with Crippen LogP contribution in [0.4, 0.5) is 4.79 Å². The van der Waals surface area contributed by atoms with E-state index in [9.17, 15) is 9.59 Å². The van der Waals surface area contributed by atoms with Gasteiger partial charge in [-0.1, -0.05) is 23.7 Å². The van der Waals surface area contributed by atoms with Crippen molar-refractivity contribution in [3.8, 4) is 0 Å². The molecule has 6 heteroatoms. The lowest BCUT2D eigenvalue weighted by atomic mass is 10.1. The molecule has 2 N–H and O–H groups in total. The second-order valence-corrected chi connectivity index (χ2v) is 4.13. The zero-order valence-corrected chi connectivity index (χ0v) is 10.6. The summed E-state index contributed by atoms with van der Waals surface area (Å²) in [6.45, 7) is 0. The van der Waals surface area contributed by atoms with E-state index in [1.54, 1.807) is 12.1 Å². The maximum Gasteiger partial charge on any atom is 0.407 e. The van der Waals surface area contributed by atoms with E-state index in [-0.39, 0.29) is 6.42 Å². The van der Waals surface area contributed by atoms with E-state index >= 15 is 0 Å². The molecule has 18 heavy (non-hydrogen) atoms.